The Labute approximate surface area is 276 Å². The third-order valence-corrected chi connectivity index (χ3v) is 16.2. The SMILES string of the molecule is C[C@@H]1CC([C@H](O)C(C)(C)O)OC2C1[C@@]1(C)CCC34C[C@@]35CC[C@H](OC3CN(C(CO)CO)CCO3)C(C)(C)[C@@H]5CC[C@H]4[C@]1(C)[C@H]2O. The number of fused-ring (bicyclic) bond motifs is 4. The molecule has 7 aliphatic rings. The number of morpholine rings is 1. The van der Waals surface area contributed by atoms with Crippen molar-refractivity contribution in [2.24, 2.45) is 50.7 Å². The highest BCUT2D eigenvalue weighted by Gasteiger charge is 2.84. The van der Waals surface area contributed by atoms with Gasteiger partial charge in [0.15, 0.2) is 6.29 Å². The van der Waals surface area contributed by atoms with Crippen LogP contribution in [0.15, 0.2) is 0 Å². The van der Waals surface area contributed by atoms with Crippen LogP contribution in [0.2, 0.25) is 0 Å². The minimum Gasteiger partial charge on any atom is -0.395 e. The zero-order chi connectivity index (χ0) is 33.2. The normalized spacial score (nSPS) is 52.2. The molecule has 2 heterocycles. The molecule has 2 saturated heterocycles. The van der Waals surface area contributed by atoms with Crippen LogP contribution in [0.4, 0.5) is 0 Å². The molecule has 9 nitrogen and oxygen atoms in total. The van der Waals surface area contributed by atoms with E-state index in [1.165, 1.54) is 12.8 Å². The maximum atomic E-state index is 12.4. The van der Waals surface area contributed by atoms with Crippen molar-refractivity contribution in [3.8, 4) is 0 Å². The quantitative estimate of drug-likeness (QED) is 0.282. The summed E-state index contributed by atoms with van der Waals surface area (Å²) in [6, 6.07) is -0.279. The van der Waals surface area contributed by atoms with Crippen LogP contribution in [0, 0.1) is 50.7 Å². The third kappa shape index (κ3) is 4.44. The first-order chi connectivity index (χ1) is 21.5. The lowest BCUT2D eigenvalue weighted by Gasteiger charge is -2.64. The Bertz CT molecular complexity index is 1160. The van der Waals surface area contributed by atoms with Crippen molar-refractivity contribution in [3.63, 3.8) is 0 Å². The molecule has 0 bridgehead atoms. The van der Waals surface area contributed by atoms with Gasteiger partial charge >= 0.3 is 0 Å². The van der Waals surface area contributed by atoms with Gasteiger partial charge in [0.1, 0.15) is 6.10 Å². The topological polar surface area (TPSA) is 132 Å². The Morgan fingerprint density at radius 2 is 1.65 bits per heavy atom. The van der Waals surface area contributed by atoms with Gasteiger partial charge in [-0.1, -0.05) is 34.6 Å². The van der Waals surface area contributed by atoms with Crippen molar-refractivity contribution in [1.82, 2.24) is 4.90 Å². The molecule has 2 spiro atoms. The van der Waals surface area contributed by atoms with Gasteiger partial charge in [-0.05, 0) is 111 Å². The van der Waals surface area contributed by atoms with E-state index in [4.69, 9.17) is 14.2 Å². The van der Waals surface area contributed by atoms with Gasteiger partial charge in [0, 0.05) is 12.0 Å². The lowest BCUT2D eigenvalue weighted by molar-refractivity contribution is -0.252. The minimum atomic E-state index is -1.26. The molecule has 0 aromatic heterocycles. The highest BCUT2D eigenvalue weighted by atomic mass is 16.7. The average Bonchev–Trinajstić information content (AvgIpc) is 3.63. The molecular weight excluding hydrogens is 586 g/mol. The fraction of sp³-hybridized carbons (Fsp3) is 1.00. The zero-order valence-electron chi connectivity index (χ0n) is 29.5. The van der Waals surface area contributed by atoms with Crippen LogP contribution in [0.3, 0.4) is 0 Å². The highest BCUT2D eigenvalue weighted by molar-refractivity contribution is 5.33. The van der Waals surface area contributed by atoms with E-state index in [1.807, 2.05) is 0 Å². The maximum absolute atomic E-state index is 12.4. The van der Waals surface area contributed by atoms with E-state index in [2.05, 4.69) is 39.5 Å². The first-order valence-corrected chi connectivity index (χ1v) is 18.5. The second kappa shape index (κ2) is 11.1. The van der Waals surface area contributed by atoms with Crippen LogP contribution >= 0.6 is 0 Å². The van der Waals surface area contributed by atoms with Crippen molar-refractivity contribution < 1.29 is 39.7 Å². The lowest BCUT2D eigenvalue weighted by atomic mass is 9.41. The van der Waals surface area contributed by atoms with Crippen molar-refractivity contribution in [2.75, 3.05) is 32.9 Å². The van der Waals surface area contributed by atoms with Crippen LogP contribution in [0.5, 0.6) is 0 Å². The number of ether oxygens (including phenoxy) is 3. The Hall–Kier alpha value is -0.360. The maximum Gasteiger partial charge on any atom is 0.170 e. The summed E-state index contributed by atoms with van der Waals surface area (Å²) in [5.74, 6) is 1.50. The minimum absolute atomic E-state index is 0.0201. The summed E-state index contributed by atoms with van der Waals surface area (Å²) in [6.45, 7) is 16.9. The van der Waals surface area contributed by atoms with Crippen molar-refractivity contribution >= 4 is 0 Å². The van der Waals surface area contributed by atoms with Crippen molar-refractivity contribution in [3.05, 3.63) is 0 Å². The van der Waals surface area contributed by atoms with Gasteiger partial charge in [-0.2, -0.15) is 0 Å². The van der Waals surface area contributed by atoms with E-state index in [1.54, 1.807) is 13.8 Å². The second-order valence-corrected chi connectivity index (χ2v) is 18.6. The molecule has 9 heteroatoms. The zero-order valence-corrected chi connectivity index (χ0v) is 29.5. The van der Waals surface area contributed by atoms with Crippen LogP contribution in [-0.4, -0.2) is 112 Å². The Kier molecular flexibility index (Phi) is 8.21. The number of aliphatic hydroxyl groups is 5. The summed E-state index contributed by atoms with van der Waals surface area (Å²) < 4.78 is 19.5. The summed E-state index contributed by atoms with van der Waals surface area (Å²) in [4.78, 5) is 2.09. The summed E-state index contributed by atoms with van der Waals surface area (Å²) in [5, 5.41) is 53.5. The smallest absolute Gasteiger partial charge is 0.170 e. The molecule has 5 unspecified atom stereocenters. The molecule has 2 aliphatic heterocycles. The number of rotatable bonds is 7. The molecule has 46 heavy (non-hydrogen) atoms. The average molecular weight is 650 g/mol. The van der Waals surface area contributed by atoms with Gasteiger partial charge in [-0.3, -0.25) is 4.90 Å². The molecule has 7 fully saturated rings. The number of hydrogen-bond acceptors (Lipinski definition) is 9. The van der Waals surface area contributed by atoms with Crippen LogP contribution in [-0.2, 0) is 14.2 Å². The van der Waals surface area contributed by atoms with E-state index >= 15 is 0 Å². The lowest BCUT2D eigenvalue weighted by Crippen LogP contribution is -2.60. The second-order valence-electron chi connectivity index (χ2n) is 18.6. The molecule has 5 N–H and O–H groups in total. The van der Waals surface area contributed by atoms with E-state index < -0.39 is 23.9 Å². The Morgan fingerprint density at radius 1 is 0.978 bits per heavy atom. The molecule has 5 saturated carbocycles. The summed E-state index contributed by atoms with van der Waals surface area (Å²) >= 11 is 0. The number of aliphatic hydroxyl groups excluding tert-OH is 4. The van der Waals surface area contributed by atoms with Gasteiger partial charge in [0.2, 0.25) is 0 Å². The monoisotopic (exact) mass is 649 g/mol. The highest BCUT2D eigenvalue weighted by Crippen LogP contribution is 2.89. The largest absolute Gasteiger partial charge is 0.395 e. The first-order valence-electron chi connectivity index (χ1n) is 18.5. The summed E-state index contributed by atoms with van der Waals surface area (Å²) in [5.41, 5.74) is -1.08. The van der Waals surface area contributed by atoms with Crippen molar-refractivity contribution in [2.45, 2.75) is 148 Å². The van der Waals surface area contributed by atoms with Gasteiger partial charge in [-0.25, -0.2) is 0 Å². The molecule has 7 rings (SSSR count). The first kappa shape index (κ1) is 34.1. The third-order valence-electron chi connectivity index (χ3n) is 16.2. The van der Waals surface area contributed by atoms with E-state index in [9.17, 15) is 25.5 Å². The molecule has 0 aromatic carbocycles. The molecule has 264 valence electrons. The molecule has 14 atom stereocenters. The van der Waals surface area contributed by atoms with E-state index in [0.717, 1.165) is 32.1 Å². The Balaban J connectivity index is 1.11. The van der Waals surface area contributed by atoms with E-state index in [0.29, 0.717) is 38.0 Å². The Morgan fingerprint density at radius 3 is 2.33 bits per heavy atom. The number of hydrogen-bond donors (Lipinski definition) is 5. The molecular formula is C37H63NO8. The predicted octanol–water partition coefficient (Wildman–Crippen LogP) is 3.33. The van der Waals surface area contributed by atoms with Gasteiger partial charge in [0.25, 0.3) is 0 Å². The summed E-state index contributed by atoms with van der Waals surface area (Å²) in [6.07, 6.45) is 5.99. The molecule has 0 amide bonds. The number of nitrogens with zero attached hydrogens (tertiary/aromatic N) is 1. The van der Waals surface area contributed by atoms with Crippen LogP contribution in [0.25, 0.3) is 0 Å². The van der Waals surface area contributed by atoms with Crippen molar-refractivity contribution in [1.29, 1.82) is 0 Å². The summed E-state index contributed by atoms with van der Waals surface area (Å²) in [7, 11) is 0. The van der Waals surface area contributed by atoms with E-state index in [-0.39, 0.29) is 76.7 Å². The molecule has 5 aliphatic carbocycles. The fourth-order valence-corrected chi connectivity index (χ4v) is 13.7. The van der Waals surface area contributed by atoms with Gasteiger partial charge in [-0.15, -0.1) is 0 Å². The molecule has 0 aromatic rings. The van der Waals surface area contributed by atoms with Gasteiger partial charge < -0.3 is 39.7 Å². The predicted molar refractivity (Wildman–Crippen MR) is 173 cm³/mol. The van der Waals surface area contributed by atoms with Crippen LogP contribution in [0.1, 0.15) is 99.8 Å². The fourth-order valence-electron chi connectivity index (χ4n) is 13.7. The molecule has 0 radical (unpaired) electrons. The van der Waals surface area contributed by atoms with Gasteiger partial charge in [0.05, 0.1) is 62.4 Å². The van der Waals surface area contributed by atoms with Crippen LogP contribution < -0.4 is 0 Å². The standard InChI is InChI=1S/C37H63NO8/c1-21-16-23(30(41)33(4,5)43)45-29-28(21)34(6)12-13-37-20-36(37)11-10-26(46-27-17-38(14-15-44-27)22(18-39)19-40)32(2,3)24(36)8-9-25(37)35(34,7)31(29)42/h21-31,39-43H,8-20H2,1-7H3/t21-,23?,24+,25+,26+,27?,28?,29?,30+,31+,34-,35-,36-,37?/m1/s1.